The number of rotatable bonds is 9. The highest BCUT2D eigenvalue weighted by atomic mass is 35.5. The Hall–Kier alpha value is -3.48. The molecule has 1 heterocycles. The van der Waals surface area contributed by atoms with Gasteiger partial charge in [0, 0.05) is 41.8 Å². The number of aryl methyl sites for hydroxylation is 3. The normalized spacial score (nSPS) is 11.4. The van der Waals surface area contributed by atoms with Gasteiger partial charge in [-0.1, -0.05) is 65.7 Å². The summed E-state index contributed by atoms with van der Waals surface area (Å²) in [7, 11) is 1.93. The zero-order valence-corrected chi connectivity index (χ0v) is 23.6. The van der Waals surface area contributed by atoms with Crippen molar-refractivity contribution in [2.75, 3.05) is 4.90 Å². The predicted molar refractivity (Wildman–Crippen MR) is 153 cm³/mol. The molecular formula is C30H31Cl2N3O3. The number of hydrogen-bond acceptors (Lipinski definition) is 4. The van der Waals surface area contributed by atoms with Crippen LogP contribution in [0.1, 0.15) is 36.1 Å². The minimum atomic E-state index is -1.33. The average Bonchev–Trinajstić information content (AvgIpc) is 3.24. The standard InChI is InChI=1S/C30H31Cl2N3O3/c1-19-14-21(15-20(2)28(19)38-30(3,4)29(36)37)17-35(18-23-8-6-7-9-25(23)32)27-16-26(33-34(27)5)22-10-12-24(31)13-11-22/h6-16H,17-18H2,1-5H3,(H,36,37). The fourth-order valence-electron chi connectivity index (χ4n) is 4.38. The number of halogens is 2. The highest BCUT2D eigenvalue weighted by Gasteiger charge is 2.30. The summed E-state index contributed by atoms with van der Waals surface area (Å²) in [4.78, 5) is 13.8. The van der Waals surface area contributed by atoms with Crippen LogP contribution in [0, 0.1) is 13.8 Å². The van der Waals surface area contributed by atoms with Crippen molar-refractivity contribution >= 4 is 35.0 Å². The van der Waals surface area contributed by atoms with Crippen LogP contribution in [-0.4, -0.2) is 26.5 Å². The Morgan fingerprint density at radius 3 is 2.24 bits per heavy atom. The van der Waals surface area contributed by atoms with E-state index >= 15 is 0 Å². The summed E-state index contributed by atoms with van der Waals surface area (Å²) in [5, 5.41) is 15.7. The summed E-state index contributed by atoms with van der Waals surface area (Å²) >= 11 is 12.6. The second-order valence-electron chi connectivity index (χ2n) is 9.94. The Balaban J connectivity index is 1.71. The van der Waals surface area contributed by atoms with E-state index in [0.29, 0.717) is 28.9 Å². The first kappa shape index (κ1) is 27.6. The minimum Gasteiger partial charge on any atom is -0.478 e. The SMILES string of the molecule is Cc1cc(CN(Cc2ccccc2Cl)c2cc(-c3ccc(Cl)cc3)nn2C)cc(C)c1OC(C)(C)C(=O)O. The summed E-state index contributed by atoms with van der Waals surface area (Å²) < 4.78 is 7.77. The summed E-state index contributed by atoms with van der Waals surface area (Å²) in [5.41, 5.74) is 4.29. The Kier molecular flexibility index (Phi) is 8.05. The summed E-state index contributed by atoms with van der Waals surface area (Å²) in [6.45, 7) is 8.12. The van der Waals surface area contributed by atoms with Crippen LogP contribution in [0.4, 0.5) is 5.82 Å². The maximum atomic E-state index is 11.6. The van der Waals surface area contributed by atoms with Crippen molar-refractivity contribution in [2.24, 2.45) is 7.05 Å². The van der Waals surface area contributed by atoms with Crippen molar-refractivity contribution in [3.05, 3.63) is 99.0 Å². The van der Waals surface area contributed by atoms with Crippen molar-refractivity contribution in [1.82, 2.24) is 9.78 Å². The Morgan fingerprint density at radius 1 is 1.00 bits per heavy atom. The molecule has 38 heavy (non-hydrogen) atoms. The predicted octanol–water partition coefficient (Wildman–Crippen LogP) is 7.46. The number of carboxylic acids is 1. The van der Waals surface area contributed by atoms with E-state index < -0.39 is 11.6 Å². The number of aromatic nitrogens is 2. The Morgan fingerprint density at radius 2 is 1.63 bits per heavy atom. The summed E-state index contributed by atoms with van der Waals surface area (Å²) in [6, 6.07) is 21.6. The molecular weight excluding hydrogens is 521 g/mol. The first-order chi connectivity index (χ1) is 17.9. The lowest BCUT2D eigenvalue weighted by Crippen LogP contribution is -2.38. The molecule has 0 aliphatic carbocycles. The number of hydrogen-bond donors (Lipinski definition) is 1. The van der Waals surface area contributed by atoms with Gasteiger partial charge in [-0.25, -0.2) is 4.79 Å². The van der Waals surface area contributed by atoms with Crippen LogP contribution < -0.4 is 9.64 Å². The van der Waals surface area contributed by atoms with Crippen LogP contribution in [0.15, 0.2) is 66.7 Å². The van der Waals surface area contributed by atoms with E-state index in [2.05, 4.69) is 11.0 Å². The molecule has 3 aromatic carbocycles. The largest absolute Gasteiger partial charge is 0.478 e. The van der Waals surface area contributed by atoms with Gasteiger partial charge in [-0.3, -0.25) is 4.68 Å². The molecule has 0 saturated carbocycles. The lowest BCUT2D eigenvalue weighted by molar-refractivity contribution is -0.152. The molecule has 8 heteroatoms. The van der Waals surface area contributed by atoms with Gasteiger partial charge < -0.3 is 14.7 Å². The van der Waals surface area contributed by atoms with Crippen molar-refractivity contribution in [1.29, 1.82) is 0 Å². The van der Waals surface area contributed by atoms with E-state index in [-0.39, 0.29) is 0 Å². The third-order valence-corrected chi connectivity index (χ3v) is 7.02. The van der Waals surface area contributed by atoms with Crippen LogP contribution in [0.3, 0.4) is 0 Å². The third kappa shape index (κ3) is 6.14. The first-order valence-corrected chi connectivity index (χ1v) is 13.0. The Bertz CT molecular complexity index is 1440. The van der Waals surface area contributed by atoms with Gasteiger partial charge in [0.15, 0.2) is 5.60 Å². The lowest BCUT2D eigenvalue weighted by Gasteiger charge is -2.27. The van der Waals surface area contributed by atoms with Crippen LogP contribution in [0.5, 0.6) is 5.75 Å². The Labute approximate surface area is 233 Å². The van der Waals surface area contributed by atoms with Gasteiger partial charge in [-0.05, 0) is 68.1 Å². The second-order valence-corrected chi connectivity index (χ2v) is 10.8. The minimum absolute atomic E-state index is 0.571. The van der Waals surface area contributed by atoms with Gasteiger partial charge in [0.1, 0.15) is 11.6 Å². The van der Waals surface area contributed by atoms with Gasteiger partial charge in [-0.15, -0.1) is 0 Å². The van der Waals surface area contributed by atoms with Crippen LogP contribution in [0.2, 0.25) is 10.0 Å². The summed E-state index contributed by atoms with van der Waals surface area (Å²) in [6.07, 6.45) is 0. The van der Waals surface area contributed by atoms with Gasteiger partial charge in [0.05, 0.1) is 5.69 Å². The van der Waals surface area contributed by atoms with Crippen LogP contribution >= 0.6 is 23.2 Å². The van der Waals surface area contributed by atoms with Crippen molar-refractivity contribution in [3.63, 3.8) is 0 Å². The average molecular weight is 553 g/mol. The van der Waals surface area contributed by atoms with E-state index in [1.165, 1.54) is 0 Å². The first-order valence-electron chi connectivity index (χ1n) is 12.3. The quantitative estimate of drug-likeness (QED) is 0.234. The molecule has 0 spiro atoms. The van der Waals surface area contributed by atoms with Crippen molar-refractivity contribution < 1.29 is 14.6 Å². The highest BCUT2D eigenvalue weighted by molar-refractivity contribution is 6.31. The molecule has 0 fully saturated rings. The van der Waals surface area contributed by atoms with E-state index in [1.807, 2.05) is 86.2 Å². The number of carboxylic acid groups (broad SMARTS) is 1. The maximum Gasteiger partial charge on any atom is 0.347 e. The summed E-state index contributed by atoms with van der Waals surface area (Å²) in [5.74, 6) is 0.501. The molecule has 0 aliphatic rings. The molecule has 4 rings (SSSR count). The number of ether oxygens (including phenoxy) is 1. The fraction of sp³-hybridized carbons (Fsp3) is 0.267. The third-order valence-electron chi connectivity index (χ3n) is 6.40. The smallest absolute Gasteiger partial charge is 0.347 e. The van der Waals surface area contributed by atoms with E-state index in [4.69, 9.17) is 33.0 Å². The van der Waals surface area contributed by atoms with E-state index in [9.17, 15) is 9.90 Å². The second kappa shape index (κ2) is 11.1. The molecule has 0 bridgehead atoms. The van der Waals surface area contributed by atoms with Gasteiger partial charge in [-0.2, -0.15) is 5.10 Å². The molecule has 4 aromatic rings. The monoisotopic (exact) mass is 551 g/mol. The van der Waals surface area contributed by atoms with Gasteiger partial charge >= 0.3 is 5.97 Å². The molecule has 1 N–H and O–H groups in total. The molecule has 0 amide bonds. The van der Waals surface area contributed by atoms with Crippen LogP contribution in [-0.2, 0) is 24.9 Å². The highest BCUT2D eigenvalue weighted by Crippen LogP contribution is 2.32. The van der Waals surface area contributed by atoms with Crippen LogP contribution in [0.25, 0.3) is 11.3 Å². The molecule has 0 aliphatic heterocycles. The molecule has 198 valence electrons. The van der Waals surface area contributed by atoms with E-state index in [1.54, 1.807) is 13.8 Å². The van der Waals surface area contributed by atoms with Gasteiger partial charge in [0.25, 0.3) is 0 Å². The molecule has 6 nitrogen and oxygen atoms in total. The molecule has 0 unspecified atom stereocenters. The number of anilines is 1. The zero-order valence-electron chi connectivity index (χ0n) is 22.1. The molecule has 0 atom stereocenters. The number of aliphatic carboxylic acids is 1. The molecule has 1 aromatic heterocycles. The molecule has 0 radical (unpaired) electrons. The number of nitrogens with zero attached hydrogens (tertiary/aromatic N) is 3. The maximum absolute atomic E-state index is 11.6. The van der Waals surface area contributed by atoms with Crippen molar-refractivity contribution in [2.45, 2.75) is 46.4 Å². The van der Waals surface area contributed by atoms with Crippen molar-refractivity contribution in [3.8, 4) is 17.0 Å². The lowest BCUT2D eigenvalue weighted by atomic mass is 10.0. The van der Waals surface area contributed by atoms with E-state index in [0.717, 1.165) is 39.3 Å². The zero-order chi connectivity index (χ0) is 27.6. The fourth-order valence-corrected chi connectivity index (χ4v) is 4.70. The topological polar surface area (TPSA) is 67.6 Å². The molecule has 0 saturated heterocycles. The number of carbonyl (C=O) groups is 1. The van der Waals surface area contributed by atoms with Gasteiger partial charge in [0.2, 0.25) is 0 Å². The number of benzene rings is 3.